The van der Waals surface area contributed by atoms with Crippen molar-refractivity contribution in [2.24, 2.45) is 5.73 Å². The molecule has 4 rings (SSSR count). The van der Waals surface area contributed by atoms with E-state index in [1.54, 1.807) is 0 Å². The highest BCUT2D eigenvalue weighted by Crippen LogP contribution is 2.28. The molecule has 3 N–H and O–H groups in total. The third-order valence-corrected chi connectivity index (χ3v) is 7.43. The summed E-state index contributed by atoms with van der Waals surface area (Å²) in [7, 11) is 2.06. The molecule has 1 saturated carbocycles. The standard InChI is InChI=1S/C28H36FN5O/c1-33-15-17-34(18-16-33)26(29)24-11-9-23(10-12-24)22-7-5-21(6-8-22)19-25(20-30)32-27(35)28(31)13-3-2-4-14-28/h5-12,25-26H,2-4,13-19,31H2,1H3,(H,32,35). The van der Waals surface area contributed by atoms with Gasteiger partial charge in [-0.15, -0.1) is 0 Å². The number of benzene rings is 2. The van der Waals surface area contributed by atoms with Crippen LogP contribution in [-0.2, 0) is 11.2 Å². The fourth-order valence-electron chi connectivity index (χ4n) is 5.00. The van der Waals surface area contributed by atoms with Gasteiger partial charge in [0, 0.05) is 38.2 Å². The summed E-state index contributed by atoms with van der Waals surface area (Å²) < 4.78 is 15.0. The van der Waals surface area contributed by atoms with E-state index in [1.165, 1.54) is 0 Å². The molecular formula is C28H36FN5O. The Morgan fingerprint density at radius 3 is 2.17 bits per heavy atom. The molecule has 1 heterocycles. The first-order valence-corrected chi connectivity index (χ1v) is 12.6. The summed E-state index contributed by atoms with van der Waals surface area (Å²) in [5, 5.41) is 12.4. The van der Waals surface area contributed by atoms with Gasteiger partial charge in [0.25, 0.3) is 0 Å². The minimum Gasteiger partial charge on any atom is -0.338 e. The van der Waals surface area contributed by atoms with E-state index in [0.29, 0.717) is 24.8 Å². The van der Waals surface area contributed by atoms with Crippen molar-refractivity contribution in [2.75, 3.05) is 33.2 Å². The molecule has 7 heteroatoms. The van der Waals surface area contributed by atoms with Crippen LogP contribution in [0.15, 0.2) is 48.5 Å². The van der Waals surface area contributed by atoms with Gasteiger partial charge in [0.1, 0.15) is 6.04 Å². The molecule has 6 nitrogen and oxygen atoms in total. The summed E-state index contributed by atoms with van der Waals surface area (Å²) in [4.78, 5) is 16.8. The molecule has 2 atom stereocenters. The predicted molar refractivity (Wildman–Crippen MR) is 136 cm³/mol. The molecule has 0 bridgehead atoms. The zero-order valence-corrected chi connectivity index (χ0v) is 20.5. The van der Waals surface area contributed by atoms with E-state index in [-0.39, 0.29) is 5.91 Å². The Kier molecular flexibility index (Phi) is 8.17. The van der Waals surface area contributed by atoms with E-state index in [2.05, 4.69) is 23.3 Å². The first-order chi connectivity index (χ1) is 16.9. The molecule has 2 aromatic rings. The fraction of sp³-hybridized carbons (Fsp3) is 0.500. The number of nitrogens with one attached hydrogen (secondary N) is 1. The zero-order valence-electron chi connectivity index (χ0n) is 20.5. The molecule has 186 valence electrons. The lowest BCUT2D eigenvalue weighted by atomic mass is 9.81. The predicted octanol–water partition coefficient (Wildman–Crippen LogP) is 3.78. The number of rotatable bonds is 7. The summed E-state index contributed by atoms with van der Waals surface area (Å²) in [5.74, 6) is -0.219. The van der Waals surface area contributed by atoms with Gasteiger partial charge in [0.2, 0.25) is 5.91 Å². The lowest BCUT2D eigenvalue weighted by molar-refractivity contribution is -0.127. The molecular weight excluding hydrogens is 441 g/mol. The van der Waals surface area contributed by atoms with E-state index in [4.69, 9.17) is 5.73 Å². The third-order valence-electron chi connectivity index (χ3n) is 7.43. The number of hydrogen-bond donors (Lipinski definition) is 2. The maximum absolute atomic E-state index is 15.0. The number of nitrogens with zero attached hydrogens (tertiary/aromatic N) is 3. The highest BCUT2D eigenvalue weighted by molar-refractivity contribution is 5.86. The second kappa shape index (κ2) is 11.3. The molecule has 1 saturated heterocycles. The summed E-state index contributed by atoms with van der Waals surface area (Å²) in [6.07, 6.45) is 3.68. The number of nitriles is 1. The van der Waals surface area contributed by atoms with Crippen LogP contribution < -0.4 is 11.1 Å². The fourth-order valence-corrected chi connectivity index (χ4v) is 5.00. The quantitative estimate of drug-likeness (QED) is 0.593. The van der Waals surface area contributed by atoms with Gasteiger partial charge in [-0.05, 0) is 36.6 Å². The molecule has 2 unspecified atom stereocenters. The second-order valence-corrected chi connectivity index (χ2v) is 10.1. The molecule has 2 aromatic carbocycles. The highest BCUT2D eigenvalue weighted by atomic mass is 19.1. The monoisotopic (exact) mass is 477 g/mol. The first kappa shape index (κ1) is 25.3. The molecule has 2 aliphatic rings. The van der Waals surface area contributed by atoms with Gasteiger partial charge in [-0.1, -0.05) is 67.8 Å². The van der Waals surface area contributed by atoms with E-state index < -0.39 is 17.9 Å². The third kappa shape index (κ3) is 6.26. The van der Waals surface area contributed by atoms with Crippen LogP contribution >= 0.6 is 0 Å². The molecule has 0 radical (unpaired) electrons. The minimum atomic E-state index is -1.08. The van der Waals surface area contributed by atoms with Crippen molar-refractivity contribution in [3.63, 3.8) is 0 Å². The van der Waals surface area contributed by atoms with Crippen LogP contribution in [-0.4, -0.2) is 60.5 Å². The minimum absolute atomic E-state index is 0.219. The topological polar surface area (TPSA) is 85.4 Å². The van der Waals surface area contributed by atoms with E-state index in [1.807, 2.05) is 53.4 Å². The summed E-state index contributed by atoms with van der Waals surface area (Å²) in [6, 6.07) is 17.2. The maximum Gasteiger partial charge on any atom is 0.241 e. The van der Waals surface area contributed by atoms with Crippen molar-refractivity contribution in [1.29, 1.82) is 5.26 Å². The summed E-state index contributed by atoms with van der Waals surface area (Å²) in [6.45, 7) is 3.23. The maximum atomic E-state index is 15.0. The Hall–Kier alpha value is -2.79. The van der Waals surface area contributed by atoms with Crippen molar-refractivity contribution in [3.05, 3.63) is 59.7 Å². The van der Waals surface area contributed by atoms with Crippen LogP contribution in [0.3, 0.4) is 0 Å². The average Bonchev–Trinajstić information content (AvgIpc) is 2.89. The molecule has 35 heavy (non-hydrogen) atoms. The number of likely N-dealkylation sites (N-methyl/N-ethyl adjacent to an activating group) is 1. The average molecular weight is 478 g/mol. The van der Waals surface area contributed by atoms with Crippen LogP contribution in [0.25, 0.3) is 11.1 Å². The summed E-state index contributed by atoms with van der Waals surface area (Å²) >= 11 is 0. The summed E-state index contributed by atoms with van der Waals surface area (Å²) in [5.41, 5.74) is 9.14. The Bertz CT molecular complexity index is 1020. The number of hydrogen-bond acceptors (Lipinski definition) is 5. The van der Waals surface area contributed by atoms with Gasteiger partial charge in [-0.2, -0.15) is 5.26 Å². The van der Waals surface area contributed by atoms with Crippen molar-refractivity contribution in [1.82, 2.24) is 15.1 Å². The lowest BCUT2D eigenvalue weighted by Crippen LogP contribution is -2.57. The van der Waals surface area contributed by atoms with Crippen molar-refractivity contribution >= 4 is 5.91 Å². The Labute approximate surface area is 207 Å². The van der Waals surface area contributed by atoms with Gasteiger partial charge in [-0.25, -0.2) is 4.39 Å². The number of nitrogens with two attached hydrogens (primary N) is 1. The van der Waals surface area contributed by atoms with Crippen molar-refractivity contribution < 1.29 is 9.18 Å². The molecule has 1 aliphatic carbocycles. The zero-order chi connectivity index (χ0) is 24.8. The first-order valence-electron chi connectivity index (χ1n) is 12.6. The normalized spacial score (nSPS) is 20.5. The van der Waals surface area contributed by atoms with Gasteiger partial charge < -0.3 is 16.0 Å². The number of amides is 1. The van der Waals surface area contributed by atoms with Crippen LogP contribution in [0.4, 0.5) is 4.39 Å². The number of alkyl halides is 1. The van der Waals surface area contributed by atoms with E-state index >= 15 is 0 Å². The molecule has 1 aliphatic heterocycles. The van der Waals surface area contributed by atoms with Gasteiger partial charge >= 0.3 is 0 Å². The van der Waals surface area contributed by atoms with Crippen LogP contribution in [0, 0.1) is 11.3 Å². The largest absolute Gasteiger partial charge is 0.338 e. The SMILES string of the molecule is CN1CCN(C(F)c2ccc(-c3ccc(CC(C#N)NC(=O)C4(N)CCCCC4)cc3)cc2)CC1. The number of carbonyl (C=O) groups is 1. The van der Waals surface area contributed by atoms with Gasteiger partial charge in [0.15, 0.2) is 6.30 Å². The van der Waals surface area contributed by atoms with Crippen LogP contribution in [0.5, 0.6) is 0 Å². The molecule has 0 spiro atoms. The lowest BCUT2D eigenvalue weighted by Gasteiger charge is -2.34. The van der Waals surface area contributed by atoms with Gasteiger partial charge in [-0.3, -0.25) is 9.69 Å². The molecule has 2 fully saturated rings. The number of halogens is 1. The van der Waals surface area contributed by atoms with E-state index in [9.17, 15) is 14.4 Å². The van der Waals surface area contributed by atoms with Crippen LogP contribution in [0.1, 0.15) is 49.5 Å². The van der Waals surface area contributed by atoms with Crippen molar-refractivity contribution in [3.8, 4) is 17.2 Å². The molecule has 0 aromatic heterocycles. The molecule has 1 amide bonds. The van der Waals surface area contributed by atoms with E-state index in [0.717, 1.165) is 62.1 Å². The smallest absolute Gasteiger partial charge is 0.241 e. The Morgan fingerprint density at radius 1 is 1.03 bits per heavy atom. The Morgan fingerprint density at radius 2 is 1.60 bits per heavy atom. The van der Waals surface area contributed by atoms with Crippen molar-refractivity contribution in [2.45, 2.75) is 56.4 Å². The Balaban J connectivity index is 1.35. The van der Waals surface area contributed by atoms with Gasteiger partial charge in [0.05, 0.1) is 11.6 Å². The number of piperazine rings is 1. The second-order valence-electron chi connectivity index (χ2n) is 10.1. The van der Waals surface area contributed by atoms with Crippen LogP contribution in [0.2, 0.25) is 0 Å². The number of carbonyl (C=O) groups excluding carboxylic acids is 1. The highest BCUT2D eigenvalue weighted by Gasteiger charge is 2.36.